The first-order chi connectivity index (χ1) is 9.19. The molecule has 0 amide bonds. The van der Waals surface area contributed by atoms with Gasteiger partial charge in [-0.3, -0.25) is 0 Å². The van der Waals surface area contributed by atoms with Crippen molar-refractivity contribution in [2.24, 2.45) is 0 Å². The lowest BCUT2D eigenvalue weighted by molar-refractivity contribution is -0.135. The van der Waals surface area contributed by atoms with E-state index in [4.69, 9.17) is 4.74 Å². The van der Waals surface area contributed by atoms with Crippen molar-refractivity contribution >= 4 is 0 Å². The molecular weight excluding hydrogens is 248 g/mol. The fourth-order valence-corrected chi connectivity index (χ4v) is 3.21. The van der Waals surface area contributed by atoms with E-state index in [-0.39, 0.29) is 11.7 Å². The average Bonchev–Trinajstić information content (AvgIpc) is 2.43. The van der Waals surface area contributed by atoms with Gasteiger partial charge in [0.1, 0.15) is 0 Å². The van der Waals surface area contributed by atoms with E-state index >= 15 is 0 Å². The molecule has 1 aromatic rings. The maximum absolute atomic E-state index is 13.3. The van der Waals surface area contributed by atoms with E-state index in [9.17, 15) is 8.78 Å². The predicted molar refractivity (Wildman–Crippen MR) is 68.9 cm³/mol. The topological polar surface area (TPSA) is 21.3 Å². The van der Waals surface area contributed by atoms with Crippen LogP contribution in [0.15, 0.2) is 18.2 Å². The first kappa shape index (κ1) is 13.0. The standard InChI is InChI=1S/C15H19F2NO/c16-12-5-4-11(8-13(12)17)14-9-18-10-15(19-14)6-2-1-3-7-15/h4-5,8,14,18H,1-3,6-7,9-10H2. The second-order valence-corrected chi connectivity index (χ2v) is 5.65. The van der Waals surface area contributed by atoms with Crippen LogP contribution >= 0.6 is 0 Å². The summed E-state index contributed by atoms with van der Waals surface area (Å²) in [5.74, 6) is -1.61. The van der Waals surface area contributed by atoms with Gasteiger partial charge in [-0.05, 0) is 30.5 Å². The summed E-state index contributed by atoms with van der Waals surface area (Å²) in [6.45, 7) is 1.53. The molecule has 1 aliphatic carbocycles. The van der Waals surface area contributed by atoms with Crippen molar-refractivity contribution in [2.75, 3.05) is 13.1 Å². The van der Waals surface area contributed by atoms with Crippen LogP contribution in [0.4, 0.5) is 8.78 Å². The van der Waals surface area contributed by atoms with Crippen LogP contribution in [0.5, 0.6) is 0 Å². The Morgan fingerprint density at radius 3 is 2.63 bits per heavy atom. The number of benzene rings is 1. The molecule has 2 aliphatic rings. The summed E-state index contributed by atoms with van der Waals surface area (Å²) in [5, 5.41) is 3.39. The molecule has 1 unspecified atom stereocenters. The van der Waals surface area contributed by atoms with Crippen LogP contribution in [-0.4, -0.2) is 18.7 Å². The van der Waals surface area contributed by atoms with Crippen molar-refractivity contribution in [1.29, 1.82) is 0 Å². The number of hydrogen-bond donors (Lipinski definition) is 1. The SMILES string of the molecule is Fc1ccc(C2CNCC3(CCCCC3)O2)cc1F. The van der Waals surface area contributed by atoms with E-state index in [1.165, 1.54) is 31.4 Å². The van der Waals surface area contributed by atoms with Gasteiger partial charge < -0.3 is 10.1 Å². The summed E-state index contributed by atoms with van der Waals surface area (Å²) in [6, 6.07) is 4.05. The van der Waals surface area contributed by atoms with Gasteiger partial charge in [0.15, 0.2) is 11.6 Å². The smallest absolute Gasteiger partial charge is 0.159 e. The highest BCUT2D eigenvalue weighted by Crippen LogP contribution is 2.37. The Bertz CT molecular complexity index is 452. The van der Waals surface area contributed by atoms with Crippen molar-refractivity contribution in [3.05, 3.63) is 35.4 Å². The lowest BCUT2D eigenvalue weighted by Gasteiger charge is -2.44. The normalized spacial score (nSPS) is 26.5. The molecule has 4 heteroatoms. The minimum absolute atomic E-state index is 0.105. The van der Waals surface area contributed by atoms with Gasteiger partial charge in [-0.1, -0.05) is 25.3 Å². The van der Waals surface area contributed by atoms with Crippen LogP contribution in [0.3, 0.4) is 0 Å². The molecule has 104 valence electrons. The Labute approximate surface area is 112 Å². The molecular formula is C15H19F2NO. The number of halogens is 2. The molecule has 0 radical (unpaired) electrons. The molecule has 1 N–H and O–H groups in total. The van der Waals surface area contributed by atoms with Crippen molar-refractivity contribution in [1.82, 2.24) is 5.32 Å². The minimum atomic E-state index is -0.806. The van der Waals surface area contributed by atoms with Crippen LogP contribution in [0, 0.1) is 11.6 Å². The molecule has 19 heavy (non-hydrogen) atoms. The van der Waals surface area contributed by atoms with Crippen LogP contribution in [0.25, 0.3) is 0 Å². The predicted octanol–water partition coefficient (Wildman–Crippen LogP) is 3.33. The number of hydrogen-bond acceptors (Lipinski definition) is 2. The highest BCUT2D eigenvalue weighted by Gasteiger charge is 2.38. The largest absolute Gasteiger partial charge is 0.364 e. The summed E-state index contributed by atoms with van der Waals surface area (Å²) in [6.07, 6.45) is 5.57. The molecule has 3 rings (SSSR count). The number of morpholine rings is 1. The van der Waals surface area contributed by atoms with Gasteiger partial charge in [0.2, 0.25) is 0 Å². The van der Waals surface area contributed by atoms with Gasteiger partial charge in [0, 0.05) is 13.1 Å². The lowest BCUT2D eigenvalue weighted by Crippen LogP contribution is -2.51. The Morgan fingerprint density at radius 2 is 1.89 bits per heavy atom. The molecule has 2 fully saturated rings. The van der Waals surface area contributed by atoms with Crippen LogP contribution < -0.4 is 5.32 Å². The first-order valence-electron chi connectivity index (χ1n) is 7.02. The maximum atomic E-state index is 13.3. The second kappa shape index (κ2) is 5.17. The third-order valence-corrected chi connectivity index (χ3v) is 4.25. The fourth-order valence-electron chi connectivity index (χ4n) is 3.21. The molecule has 0 aromatic heterocycles. The summed E-state index contributed by atoms with van der Waals surface area (Å²) >= 11 is 0. The van der Waals surface area contributed by atoms with Crippen molar-refractivity contribution in [3.63, 3.8) is 0 Å². The van der Waals surface area contributed by atoms with Gasteiger partial charge in [0.05, 0.1) is 11.7 Å². The Morgan fingerprint density at radius 1 is 1.11 bits per heavy atom. The van der Waals surface area contributed by atoms with E-state index in [0.717, 1.165) is 24.9 Å². The second-order valence-electron chi connectivity index (χ2n) is 5.65. The monoisotopic (exact) mass is 267 g/mol. The summed E-state index contributed by atoms with van der Waals surface area (Å²) in [5.41, 5.74) is 0.613. The molecule has 1 aliphatic heterocycles. The maximum Gasteiger partial charge on any atom is 0.159 e. The molecule has 1 saturated heterocycles. The molecule has 2 nitrogen and oxygen atoms in total. The molecule has 1 atom stereocenters. The third-order valence-electron chi connectivity index (χ3n) is 4.25. The van der Waals surface area contributed by atoms with Gasteiger partial charge in [-0.25, -0.2) is 8.78 Å². The zero-order chi connectivity index (χ0) is 13.3. The number of ether oxygens (including phenoxy) is 1. The van der Waals surface area contributed by atoms with Crippen LogP contribution in [0.1, 0.15) is 43.8 Å². The van der Waals surface area contributed by atoms with Crippen molar-refractivity contribution in [2.45, 2.75) is 43.8 Å². The first-order valence-corrected chi connectivity index (χ1v) is 7.02. The number of nitrogens with one attached hydrogen (secondary N) is 1. The Balaban J connectivity index is 1.78. The fraction of sp³-hybridized carbons (Fsp3) is 0.600. The van der Waals surface area contributed by atoms with Gasteiger partial charge in [-0.15, -0.1) is 0 Å². The van der Waals surface area contributed by atoms with Gasteiger partial charge in [0.25, 0.3) is 0 Å². The van der Waals surface area contributed by atoms with E-state index in [1.807, 2.05) is 0 Å². The quantitative estimate of drug-likeness (QED) is 0.842. The number of rotatable bonds is 1. The van der Waals surface area contributed by atoms with E-state index < -0.39 is 11.6 Å². The molecule has 1 saturated carbocycles. The lowest BCUT2D eigenvalue weighted by atomic mass is 9.83. The third kappa shape index (κ3) is 2.65. The zero-order valence-corrected chi connectivity index (χ0v) is 10.9. The minimum Gasteiger partial charge on any atom is -0.364 e. The summed E-state index contributed by atoms with van der Waals surface area (Å²) < 4.78 is 32.5. The van der Waals surface area contributed by atoms with Crippen molar-refractivity contribution in [3.8, 4) is 0 Å². The zero-order valence-electron chi connectivity index (χ0n) is 10.9. The summed E-state index contributed by atoms with van der Waals surface area (Å²) in [7, 11) is 0. The molecule has 0 bridgehead atoms. The molecule has 1 heterocycles. The Hall–Kier alpha value is -1.00. The molecule has 1 aromatic carbocycles. The highest BCUT2D eigenvalue weighted by atomic mass is 19.2. The highest BCUT2D eigenvalue weighted by molar-refractivity contribution is 5.21. The Kier molecular flexibility index (Phi) is 3.54. The van der Waals surface area contributed by atoms with E-state index in [0.29, 0.717) is 6.54 Å². The van der Waals surface area contributed by atoms with Crippen LogP contribution in [-0.2, 0) is 4.74 Å². The van der Waals surface area contributed by atoms with Gasteiger partial charge >= 0.3 is 0 Å². The van der Waals surface area contributed by atoms with Gasteiger partial charge in [-0.2, -0.15) is 0 Å². The summed E-state index contributed by atoms with van der Waals surface area (Å²) in [4.78, 5) is 0. The van der Waals surface area contributed by atoms with Crippen molar-refractivity contribution < 1.29 is 13.5 Å². The van der Waals surface area contributed by atoms with E-state index in [2.05, 4.69) is 5.32 Å². The average molecular weight is 267 g/mol. The van der Waals surface area contributed by atoms with Crippen LogP contribution in [0.2, 0.25) is 0 Å². The molecule has 1 spiro atoms. The van der Waals surface area contributed by atoms with E-state index in [1.54, 1.807) is 6.07 Å².